The van der Waals surface area contributed by atoms with Crippen molar-refractivity contribution in [1.29, 1.82) is 0 Å². The van der Waals surface area contributed by atoms with Gasteiger partial charge in [-0.1, -0.05) is 164 Å². The Balaban J connectivity index is 0.939. The fourth-order valence-corrected chi connectivity index (χ4v) is 12.0. The summed E-state index contributed by atoms with van der Waals surface area (Å²) in [7, 11) is 2.15. The Hall–Kier alpha value is -7.79. The summed E-state index contributed by atoms with van der Waals surface area (Å²) in [6.45, 7) is 0. The molecule has 4 heteroatoms. The van der Waals surface area contributed by atoms with E-state index in [0.717, 1.165) is 40.8 Å². The van der Waals surface area contributed by atoms with Crippen LogP contribution in [0.15, 0.2) is 229 Å². The number of benzene rings is 9. The van der Waals surface area contributed by atoms with Gasteiger partial charge in [0.1, 0.15) is 0 Å². The van der Waals surface area contributed by atoms with Crippen LogP contribution in [0.3, 0.4) is 0 Å². The zero-order chi connectivity index (χ0) is 43.8. The monoisotopic (exact) mass is 865 g/mol. The second-order valence-corrected chi connectivity index (χ2v) is 18.8. The maximum Gasteiger partial charge on any atom is 0.170 e. The molecule has 0 saturated carbocycles. The molecule has 2 unspecified atom stereocenters. The summed E-state index contributed by atoms with van der Waals surface area (Å²) in [6, 6.07) is 72.9. The molecule has 1 aliphatic heterocycles. The van der Waals surface area contributed by atoms with E-state index in [0.29, 0.717) is 5.25 Å². The van der Waals surface area contributed by atoms with Gasteiger partial charge in [0.05, 0.1) is 5.41 Å². The lowest BCUT2D eigenvalue weighted by atomic mass is 9.70. The van der Waals surface area contributed by atoms with E-state index in [1.165, 1.54) is 82.8 Å². The first-order valence-corrected chi connectivity index (χ1v) is 23.6. The molecule has 9 aromatic rings. The van der Waals surface area contributed by atoms with Gasteiger partial charge >= 0.3 is 0 Å². The first kappa shape index (κ1) is 38.6. The quantitative estimate of drug-likeness (QED) is 0.159. The van der Waals surface area contributed by atoms with E-state index >= 15 is 0 Å². The van der Waals surface area contributed by atoms with Crippen molar-refractivity contribution in [3.8, 4) is 78.6 Å². The number of rotatable bonds is 7. The third-order valence-electron chi connectivity index (χ3n) is 13.9. The molecule has 0 radical (unpaired) electrons. The molecule has 3 nitrogen and oxygen atoms in total. The van der Waals surface area contributed by atoms with Gasteiger partial charge in [-0.25, -0.2) is 0 Å². The van der Waals surface area contributed by atoms with Crippen molar-refractivity contribution in [2.24, 2.45) is 0 Å². The average molecular weight is 866 g/mol. The van der Waals surface area contributed by atoms with Gasteiger partial charge in [0.2, 0.25) is 0 Å². The Morgan fingerprint density at radius 2 is 1.06 bits per heavy atom. The predicted octanol–water partition coefficient (Wildman–Crippen LogP) is 16.7. The smallest absolute Gasteiger partial charge is 0.170 e. The normalized spacial score (nSPS) is 16.6. The summed E-state index contributed by atoms with van der Waals surface area (Å²) in [5.74, 6) is 2.94. The Labute approximate surface area is 390 Å². The molecule has 0 saturated heterocycles. The fourth-order valence-electron chi connectivity index (χ4n) is 10.8. The van der Waals surface area contributed by atoms with Crippen LogP contribution in [0.2, 0.25) is 0 Å². The molecule has 0 fully saturated rings. The number of hydrogen-bond donors (Lipinski definition) is 0. The molecule has 2 atom stereocenters. The number of nitrogens with zero attached hydrogens (tertiary/aromatic N) is 1. The van der Waals surface area contributed by atoms with Crippen LogP contribution in [0.1, 0.15) is 28.7 Å². The maximum atomic E-state index is 6.60. The lowest BCUT2D eigenvalue weighted by Crippen LogP contribution is -2.26. The Morgan fingerprint density at radius 1 is 0.439 bits per heavy atom. The van der Waals surface area contributed by atoms with Crippen LogP contribution in [-0.2, 0) is 5.41 Å². The summed E-state index contributed by atoms with van der Waals surface area (Å²) in [4.78, 5) is 3.55. The first-order valence-electron chi connectivity index (χ1n) is 22.7. The molecule has 13 rings (SSSR count). The van der Waals surface area contributed by atoms with Crippen molar-refractivity contribution in [3.63, 3.8) is 0 Å². The highest BCUT2D eigenvalue weighted by Crippen LogP contribution is 2.65. The summed E-state index contributed by atoms with van der Waals surface area (Å²) < 4.78 is 13.1. The number of anilines is 2. The molecule has 314 valence electrons. The lowest BCUT2D eigenvalue weighted by Gasteiger charge is -2.31. The average Bonchev–Trinajstić information content (AvgIpc) is 3.84. The zero-order valence-corrected chi connectivity index (χ0v) is 37.1. The number of thioether (sulfide) groups is 1. The van der Waals surface area contributed by atoms with Crippen LogP contribution >= 0.6 is 11.8 Å². The van der Waals surface area contributed by atoms with E-state index in [1.54, 1.807) is 0 Å². The maximum absolute atomic E-state index is 6.60. The summed E-state index contributed by atoms with van der Waals surface area (Å²) >= 11 is 1.95. The molecular formula is C62H43NO2S. The van der Waals surface area contributed by atoms with Crippen molar-refractivity contribution in [2.45, 2.75) is 22.0 Å². The molecule has 1 spiro atoms. The van der Waals surface area contributed by atoms with Crippen LogP contribution in [0.25, 0.3) is 55.6 Å². The van der Waals surface area contributed by atoms with Gasteiger partial charge in [-0.2, -0.15) is 0 Å². The van der Waals surface area contributed by atoms with E-state index in [4.69, 9.17) is 9.47 Å². The van der Waals surface area contributed by atoms with Gasteiger partial charge < -0.3 is 14.4 Å². The van der Waals surface area contributed by atoms with Crippen LogP contribution in [0, 0.1) is 0 Å². The van der Waals surface area contributed by atoms with Crippen LogP contribution < -0.4 is 14.4 Å². The molecule has 1 heterocycles. The van der Waals surface area contributed by atoms with Gasteiger partial charge in [0, 0.05) is 34.1 Å². The van der Waals surface area contributed by atoms with Gasteiger partial charge in [-0.3, -0.25) is 0 Å². The van der Waals surface area contributed by atoms with E-state index in [-0.39, 0.29) is 0 Å². The minimum absolute atomic E-state index is 0.356. The number of fused-ring (bicyclic) bond motifs is 12. The van der Waals surface area contributed by atoms with Crippen molar-refractivity contribution >= 4 is 23.1 Å². The molecule has 0 bridgehead atoms. The number of hydrogen-bond acceptors (Lipinski definition) is 4. The predicted molar refractivity (Wildman–Crippen MR) is 273 cm³/mol. The van der Waals surface area contributed by atoms with Crippen molar-refractivity contribution < 1.29 is 9.47 Å². The summed E-state index contributed by atoms with van der Waals surface area (Å²) in [5, 5.41) is 0.356. The summed E-state index contributed by atoms with van der Waals surface area (Å²) in [5.41, 5.74) is 19.0. The fraction of sp³-hybridized carbons (Fsp3) is 0.0645. The lowest BCUT2D eigenvalue weighted by molar-refractivity contribution is 0.359. The zero-order valence-electron chi connectivity index (χ0n) is 36.3. The van der Waals surface area contributed by atoms with E-state index in [9.17, 15) is 0 Å². The Morgan fingerprint density at radius 3 is 1.80 bits per heavy atom. The molecule has 66 heavy (non-hydrogen) atoms. The number of ether oxygens (including phenoxy) is 2. The Kier molecular flexibility index (Phi) is 9.04. The highest BCUT2D eigenvalue weighted by Gasteiger charge is 2.52. The summed E-state index contributed by atoms with van der Waals surface area (Å²) in [6.07, 6.45) is 9.95. The highest BCUT2D eigenvalue weighted by atomic mass is 32.2. The topological polar surface area (TPSA) is 21.7 Å². The van der Waals surface area contributed by atoms with Crippen LogP contribution in [-0.4, -0.2) is 12.3 Å². The first-order chi connectivity index (χ1) is 32.6. The van der Waals surface area contributed by atoms with Gasteiger partial charge in [-0.05, 0) is 139 Å². The number of para-hydroxylation sites is 2. The molecule has 3 aliphatic carbocycles. The van der Waals surface area contributed by atoms with Gasteiger partial charge in [0.25, 0.3) is 0 Å². The van der Waals surface area contributed by atoms with Crippen LogP contribution in [0.5, 0.6) is 23.0 Å². The molecule has 0 aromatic heterocycles. The molecular weight excluding hydrogens is 823 g/mol. The Bertz CT molecular complexity index is 3460. The minimum Gasteiger partial charge on any atom is -0.450 e. The third-order valence-corrected chi connectivity index (χ3v) is 15.1. The molecule has 0 amide bonds. The van der Waals surface area contributed by atoms with E-state index < -0.39 is 5.41 Å². The number of allylic oxidation sites excluding steroid dienone is 3. The van der Waals surface area contributed by atoms with E-state index in [2.05, 4.69) is 212 Å². The molecule has 4 aliphatic rings. The second kappa shape index (κ2) is 15.4. The second-order valence-electron chi connectivity index (χ2n) is 17.5. The van der Waals surface area contributed by atoms with Gasteiger partial charge in [0.15, 0.2) is 23.0 Å². The van der Waals surface area contributed by atoms with Crippen molar-refractivity contribution in [3.05, 3.63) is 247 Å². The van der Waals surface area contributed by atoms with E-state index in [1.807, 2.05) is 36.0 Å². The highest BCUT2D eigenvalue weighted by molar-refractivity contribution is 8.00. The molecule has 0 N–H and O–H groups in total. The third kappa shape index (κ3) is 6.06. The van der Waals surface area contributed by atoms with Crippen molar-refractivity contribution in [1.82, 2.24) is 0 Å². The minimum atomic E-state index is -0.532. The standard InChI is InChI=1S/C62H43NO2S/c1-63(45-19-14-18-42(36-45)40-16-4-2-5-17-40)44-33-30-41(31-34-44)61-47(24-15-29-60(61)66-46-20-6-3-7-21-46)43-32-35-54-50(37-43)48-22-8-10-25-52(48)62(54)53-26-11-9-23-49(53)51-38-58-59(39-55(51)62)65-57-28-13-12-27-56(57)64-58/h2-20,22-39,46H,21H2,1H3. The van der Waals surface area contributed by atoms with Crippen LogP contribution in [0.4, 0.5) is 11.4 Å². The SMILES string of the molecule is CN(c1ccc(-c2c(SC3C=CC=CC3)cccc2-c2ccc3c(c2)-c2ccccc2C32c3ccccc3-c3cc4c(cc32)Oc2ccccc2O4)cc1)c1cccc(-c2ccccc2)c1. The van der Waals surface area contributed by atoms with Crippen molar-refractivity contribution in [2.75, 3.05) is 11.9 Å². The van der Waals surface area contributed by atoms with Gasteiger partial charge in [-0.15, -0.1) is 11.8 Å². The molecule has 9 aromatic carbocycles. The largest absolute Gasteiger partial charge is 0.450 e.